The molecule has 0 spiro atoms. The summed E-state index contributed by atoms with van der Waals surface area (Å²) in [5.41, 5.74) is -0.174. The highest BCUT2D eigenvalue weighted by molar-refractivity contribution is 5.87. The zero-order chi connectivity index (χ0) is 13.0. The Balaban J connectivity index is 2.25. The molecule has 1 fully saturated rings. The van der Waals surface area contributed by atoms with Crippen molar-refractivity contribution in [1.82, 2.24) is 0 Å². The van der Waals surface area contributed by atoms with Gasteiger partial charge in [-0.2, -0.15) is 0 Å². The molecule has 98 valence electrons. The van der Waals surface area contributed by atoms with Crippen molar-refractivity contribution < 1.29 is 18.7 Å². The first-order chi connectivity index (χ1) is 8.72. The first-order valence-corrected chi connectivity index (χ1v) is 6.11. The van der Waals surface area contributed by atoms with Crippen LogP contribution in [0.15, 0.2) is 16.7 Å². The van der Waals surface area contributed by atoms with Gasteiger partial charge >= 0.3 is 5.97 Å². The minimum atomic E-state index is -0.728. The van der Waals surface area contributed by atoms with Gasteiger partial charge in [-0.05, 0) is 12.8 Å². The Hall–Kier alpha value is -1.78. The molecule has 0 radical (unpaired) electrons. The predicted octanol–water partition coefficient (Wildman–Crippen LogP) is 2.38. The summed E-state index contributed by atoms with van der Waals surface area (Å²) in [5.74, 6) is -0.0656. The van der Waals surface area contributed by atoms with Crippen molar-refractivity contribution in [2.24, 2.45) is 0 Å². The Bertz CT molecular complexity index is 432. The number of methoxy groups -OCH3 is 1. The lowest BCUT2D eigenvalue weighted by Gasteiger charge is -2.35. The third-order valence-corrected chi connectivity index (χ3v) is 3.46. The number of hydrogen-bond donors (Lipinski definition) is 1. The quantitative estimate of drug-likeness (QED) is 0.657. The first-order valence-electron chi connectivity index (χ1n) is 6.11. The van der Waals surface area contributed by atoms with Gasteiger partial charge in [-0.25, -0.2) is 4.79 Å². The molecule has 1 N–H and O–H groups in total. The van der Waals surface area contributed by atoms with Crippen molar-refractivity contribution in [3.05, 3.63) is 18.1 Å². The Morgan fingerprint density at radius 2 is 2.17 bits per heavy atom. The second kappa shape index (κ2) is 5.25. The van der Waals surface area contributed by atoms with Crippen molar-refractivity contribution in [3.8, 4) is 0 Å². The normalized spacial score (nSPS) is 18.1. The molecule has 1 aromatic rings. The van der Waals surface area contributed by atoms with Crippen LogP contribution in [0.25, 0.3) is 0 Å². The molecule has 0 aliphatic heterocycles. The summed E-state index contributed by atoms with van der Waals surface area (Å²) in [4.78, 5) is 22.8. The van der Waals surface area contributed by atoms with E-state index in [0.29, 0.717) is 24.8 Å². The molecule has 1 aromatic heterocycles. The first kappa shape index (κ1) is 12.7. The van der Waals surface area contributed by atoms with Crippen LogP contribution in [0.5, 0.6) is 0 Å². The van der Waals surface area contributed by atoms with E-state index in [9.17, 15) is 9.59 Å². The third kappa shape index (κ3) is 2.25. The van der Waals surface area contributed by atoms with Crippen molar-refractivity contribution in [1.29, 1.82) is 0 Å². The maximum Gasteiger partial charge on any atom is 0.331 e. The van der Waals surface area contributed by atoms with Crippen LogP contribution in [0.1, 0.15) is 42.7 Å². The maximum atomic E-state index is 12.0. The van der Waals surface area contributed by atoms with Gasteiger partial charge in [0, 0.05) is 6.07 Å². The van der Waals surface area contributed by atoms with Crippen molar-refractivity contribution >= 4 is 17.9 Å². The smallest absolute Gasteiger partial charge is 0.331 e. The number of aldehydes is 1. The topological polar surface area (TPSA) is 68.5 Å². The summed E-state index contributed by atoms with van der Waals surface area (Å²) in [7, 11) is 1.39. The number of nitrogens with one attached hydrogen (secondary N) is 1. The summed E-state index contributed by atoms with van der Waals surface area (Å²) in [6.45, 7) is 0. The monoisotopic (exact) mass is 251 g/mol. The zero-order valence-electron chi connectivity index (χ0n) is 10.4. The highest BCUT2D eigenvalue weighted by atomic mass is 16.5. The average Bonchev–Trinajstić information content (AvgIpc) is 2.85. The molecular formula is C13H17NO4. The number of carbonyl (C=O) groups is 2. The average molecular weight is 251 g/mol. The van der Waals surface area contributed by atoms with Crippen LogP contribution in [0.2, 0.25) is 0 Å². The number of furan rings is 1. The fourth-order valence-electron chi connectivity index (χ4n) is 2.50. The lowest BCUT2D eigenvalue weighted by molar-refractivity contribution is -0.147. The van der Waals surface area contributed by atoms with E-state index >= 15 is 0 Å². The van der Waals surface area contributed by atoms with Gasteiger partial charge < -0.3 is 14.5 Å². The van der Waals surface area contributed by atoms with E-state index in [1.165, 1.54) is 13.4 Å². The molecule has 2 rings (SSSR count). The van der Waals surface area contributed by atoms with E-state index in [4.69, 9.17) is 9.15 Å². The van der Waals surface area contributed by atoms with Gasteiger partial charge in [-0.1, -0.05) is 19.3 Å². The van der Waals surface area contributed by atoms with E-state index in [0.717, 1.165) is 19.3 Å². The molecule has 1 aliphatic rings. The van der Waals surface area contributed by atoms with Gasteiger partial charge in [0.15, 0.2) is 12.0 Å². The molecule has 0 amide bonds. The minimum Gasteiger partial charge on any atom is -0.467 e. The fourth-order valence-corrected chi connectivity index (χ4v) is 2.50. The molecule has 0 aromatic carbocycles. The summed E-state index contributed by atoms with van der Waals surface area (Å²) in [6, 6.07) is 1.66. The van der Waals surface area contributed by atoms with Crippen molar-refractivity contribution in [2.75, 3.05) is 12.4 Å². The molecule has 0 bridgehead atoms. The number of hydrogen-bond acceptors (Lipinski definition) is 5. The number of rotatable bonds is 4. The molecule has 18 heavy (non-hydrogen) atoms. The molecule has 0 saturated heterocycles. The number of ether oxygens (including phenoxy) is 1. The van der Waals surface area contributed by atoms with Gasteiger partial charge in [0.1, 0.15) is 5.54 Å². The predicted molar refractivity (Wildman–Crippen MR) is 65.6 cm³/mol. The molecule has 5 nitrogen and oxygen atoms in total. The summed E-state index contributed by atoms with van der Waals surface area (Å²) in [6.07, 6.45) is 6.54. The lowest BCUT2D eigenvalue weighted by atomic mass is 9.81. The summed E-state index contributed by atoms with van der Waals surface area (Å²) >= 11 is 0. The Morgan fingerprint density at radius 1 is 1.44 bits per heavy atom. The fraction of sp³-hybridized carbons (Fsp3) is 0.538. The number of esters is 1. The molecule has 1 saturated carbocycles. The van der Waals surface area contributed by atoms with Gasteiger partial charge in [-0.3, -0.25) is 4.79 Å². The molecule has 5 heteroatoms. The van der Waals surface area contributed by atoms with Crippen molar-refractivity contribution in [2.45, 2.75) is 37.6 Å². The van der Waals surface area contributed by atoms with E-state index in [-0.39, 0.29) is 11.7 Å². The van der Waals surface area contributed by atoms with Crippen LogP contribution in [-0.4, -0.2) is 24.9 Å². The van der Waals surface area contributed by atoms with Crippen LogP contribution in [0.4, 0.5) is 5.69 Å². The number of carbonyl (C=O) groups excluding carboxylic acids is 2. The molecule has 0 unspecified atom stereocenters. The zero-order valence-corrected chi connectivity index (χ0v) is 10.4. The van der Waals surface area contributed by atoms with Crippen LogP contribution in [0, 0.1) is 0 Å². The molecule has 1 heterocycles. The van der Waals surface area contributed by atoms with E-state index in [1.807, 2.05) is 0 Å². The summed E-state index contributed by atoms with van der Waals surface area (Å²) < 4.78 is 9.93. The van der Waals surface area contributed by atoms with Crippen molar-refractivity contribution in [3.63, 3.8) is 0 Å². The van der Waals surface area contributed by atoms with Crippen LogP contribution >= 0.6 is 0 Å². The summed E-state index contributed by atoms with van der Waals surface area (Å²) in [5, 5.41) is 3.15. The van der Waals surface area contributed by atoms with E-state index in [1.54, 1.807) is 6.07 Å². The maximum absolute atomic E-state index is 12.0. The van der Waals surface area contributed by atoms with Crippen LogP contribution < -0.4 is 5.32 Å². The number of anilines is 1. The standard InChI is InChI=1S/C13H17NO4/c1-17-12(16)13(6-3-2-4-7-13)14-10-5-8-18-11(10)9-15/h5,8-9,14H,2-4,6-7H2,1H3. The van der Waals surface area contributed by atoms with Gasteiger partial charge in [-0.15, -0.1) is 0 Å². The SMILES string of the molecule is COC(=O)C1(Nc2ccoc2C=O)CCCCC1. The van der Waals surface area contributed by atoms with Gasteiger partial charge in [0.25, 0.3) is 0 Å². The highest BCUT2D eigenvalue weighted by Crippen LogP contribution is 2.33. The highest BCUT2D eigenvalue weighted by Gasteiger charge is 2.41. The third-order valence-electron chi connectivity index (χ3n) is 3.46. The Labute approximate surface area is 105 Å². The molecule has 0 atom stereocenters. The second-order valence-electron chi connectivity index (χ2n) is 4.58. The molecular weight excluding hydrogens is 234 g/mol. The van der Waals surface area contributed by atoms with Crippen LogP contribution in [0.3, 0.4) is 0 Å². The lowest BCUT2D eigenvalue weighted by Crippen LogP contribution is -2.48. The largest absolute Gasteiger partial charge is 0.467 e. The van der Waals surface area contributed by atoms with Crippen LogP contribution in [-0.2, 0) is 9.53 Å². The second-order valence-corrected chi connectivity index (χ2v) is 4.58. The molecule has 1 aliphatic carbocycles. The van der Waals surface area contributed by atoms with Gasteiger partial charge in [0.2, 0.25) is 0 Å². The Morgan fingerprint density at radius 3 is 2.78 bits per heavy atom. The van der Waals surface area contributed by atoms with Gasteiger partial charge in [0.05, 0.1) is 19.1 Å². The van der Waals surface area contributed by atoms with E-state index in [2.05, 4.69) is 5.32 Å². The Kier molecular flexibility index (Phi) is 3.69. The minimum absolute atomic E-state index is 0.212. The van der Waals surface area contributed by atoms with E-state index < -0.39 is 5.54 Å².